The van der Waals surface area contributed by atoms with Gasteiger partial charge in [0.1, 0.15) is 0 Å². The Morgan fingerprint density at radius 1 is 1.40 bits per heavy atom. The van der Waals surface area contributed by atoms with Crippen molar-refractivity contribution < 1.29 is 19.5 Å². The Balaban J connectivity index is 2.45. The summed E-state index contributed by atoms with van der Waals surface area (Å²) in [6.45, 7) is 1.90. The zero-order valence-corrected chi connectivity index (χ0v) is 11.3. The molecular weight excluding hydrogens is 260 g/mol. The number of carboxylic acids is 1. The van der Waals surface area contributed by atoms with E-state index in [0.29, 0.717) is 11.3 Å². The second-order valence-corrected chi connectivity index (χ2v) is 4.79. The monoisotopic (exact) mass is 276 g/mol. The van der Waals surface area contributed by atoms with Gasteiger partial charge in [-0.2, -0.15) is 0 Å². The highest BCUT2D eigenvalue weighted by molar-refractivity contribution is 6.07. The number of nitrogens with zero attached hydrogens (tertiary/aromatic N) is 1. The zero-order valence-electron chi connectivity index (χ0n) is 11.3. The molecule has 1 fully saturated rings. The summed E-state index contributed by atoms with van der Waals surface area (Å²) >= 11 is 0. The lowest BCUT2D eigenvalue weighted by atomic mass is 10.1. The number of benzene rings is 1. The van der Waals surface area contributed by atoms with Crippen LogP contribution in [0.15, 0.2) is 18.2 Å². The average Bonchev–Trinajstić information content (AvgIpc) is 2.79. The largest absolute Gasteiger partial charge is 0.481 e. The maximum atomic E-state index is 12.0. The molecule has 0 spiro atoms. The van der Waals surface area contributed by atoms with Crippen molar-refractivity contribution in [3.8, 4) is 0 Å². The third-order valence-electron chi connectivity index (χ3n) is 3.45. The van der Waals surface area contributed by atoms with E-state index in [4.69, 9.17) is 5.11 Å². The van der Waals surface area contributed by atoms with Crippen molar-refractivity contribution in [3.05, 3.63) is 29.3 Å². The molecule has 1 aliphatic heterocycles. The van der Waals surface area contributed by atoms with Crippen LogP contribution in [-0.4, -0.2) is 36.5 Å². The average molecular weight is 276 g/mol. The third-order valence-corrected chi connectivity index (χ3v) is 3.45. The topological polar surface area (TPSA) is 86.7 Å². The van der Waals surface area contributed by atoms with Crippen LogP contribution in [0.2, 0.25) is 0 Å². The molecule has 1 atom stereocenters. The summed E-state index contributed by atoms with van der Waals surface area (Å²) in [5.41, 5.74) is 1.65. The highest BCUT2D eigenvalue weighted by Crippen LogP contribution is 2.31. The van der Waals surface area contributed by atoms with E-state index in [0.717, 1.165) is 5.56 Å². The van der Waals surface area contributed by atoms with Crippen LogP contribution in [0.5, 0.6) is 0 Å². The Morgan fingerprint density at radius 2 is 2.10 bits per heavy atom. The number of hydrogen-bond donors (Lipinski definition) is 2. The maximum absolute atomic E-state index is 12.0. The molecule has 1 heterocycles. The van der Waals surface area contributed by atoms with Gasteiger partial charge in [-0.15, -0.1) is 0 Å². The Hall–Kier alpha value is -2.37. The van der Waals surface area contributed by atoms with Gasteiger partial charge < -0.3 is 15.3 Å². The molecule has 1 aromatic rings. The SMILES string of the molecule is CNC(=O)c1cccc(C)c1N1CC(C(=O)O)CC1=O. The second kappa shape index (κ2) is 5.32. The van der Waals surface area contributed by atoms with E-state index in [1.54, 1.807) is 25.1 Å². The van der Waals surface area contributed by atoms with Crippen LogP contribution >= 0.6 is 0 Å². The first-order valence-electron chi connectivity index (χ1n) is 6.30. The fourth-order valence-corrected chi connectivity index (χ4v) is 2.42. The zero-order chi connectivity index (χ0) is 14.9. The number of carbonyl (C=O) groups excluding carboxylic acids is 2. The molecule has 6 heteroatoms. The number of carboxylic acid groups (broad SMARTS) is 1. The van der Waals surface area contributed by atoms with Crippen LogP contribution in [0, 0.1) is 12.8 Å². The van der Waals surface area contributed by atoms with Gasteiger partial charge in [0.05, 0.1) is 17.2 Å². The van der Waals surface area contributed by atoms with Crippen molar-refractivity contribution in [1.29, 1.82) is 0 Å². The van der Waals surface area contributed by atoms with Gasteiger partial charge in [-0.25, -0.2) is 0 Å². The van der Waals surface area contributed by atoms with E-state index >= 15 is 0 Å². The summed E-state index contributed by atoms with van der Waals surface area (Å²) in [5, 5.41) is 11.6. The quantitative estimate of drug-likeness (QED) is 0.854. The molecule has 0 saturated carbocycles. The number of anilines is 1. The molecule has 0 radical (unpaired) electrons. The van der Waals surface area contributed by atoms with Gasteiger partial charge in [-0.3, -0.25) is 14.4 Å². The summed E-state index contributed by atoms with van der Waals surface area (Å²) in [7, 11) is 1.51. The molecule has 1 aliphatic rings. The van der Waals surface area contributed by atoms with Gasteiger partial charge in [0.15, 0.2) is 0 Å². The predicted octanol–water partition coefficient (Wildman–Crippen LogP) is 0.792. The van der Waals surface area contributed by atoms with Crippen LogP contribution in [0.1, 0.15) is 22.3 Å². The van der Waals surface area contributed by atoms with E-state index in [-0.39, 0.29) is 24.8 Å². The van der Waals surface area contributed by atoms with Crippen molar-refractivity contribution >= 4 is 23.5 Å². The molecule has 6 nitrogen and oxygen atoms in total. The standard InChI is InChI=1S/C14H16N2O4/c1-8-4-3-5-10(13(18)15-2)12(8)16-7-9(14(19)20)6-11(16)17/h3-5,9H,6-7H2,1-2H3,(H,15,18)(H,19,20). The molecule has 1 unspecified atom stereocenters. The van der Waals surface area contributed by atoms with Crippen LogP contribution in [0.3, 0.4) is 0 Å². The molecule has 20 heavy (non-hydrogen) atoms. The molecule has 1 saturated heterocycles. The first-order valence-corrected chi connectivity index (χ1v) is 6.30. The van der Waals surface area contributed by atoms with E-state index in [1.165, 1.54) is 11.9 Å². The Morgan fingerprint density at radius 3 is 2.65 bits per heavy atom. The van der Waals surface area contributed by atoms with E-state index in [2.05, 4.69) is 5.32 Å². The molecular formula is C14H16N2O4. The smallest absolute Gasteiger partial charge is 0.308 e. The van der Waals surface area contributed by atoms with Crippen molar-refractivity contribution in [2.24, 2.45) is 5.92 Å². The van der Waals surface area contributed by atoms with Gasteiger partial charge in [0, 0.05) is 20.0 Å². The van der Waals surface area contributed by atoms with E-state index in [9.17, 15) is 14.4 Å². The number of aryl methyl sites for hydroxylation is 1. The second-order valence-electron chi connectivity index (χ2n) is 4.79. The van der Waals surface area contributed by atoms with E-state index < -0.39 is 11.9 Å². The lowest BCUT2D eigenvalue weighted by Gasteiger charge is -2.21. The van der Waals surface area contributed by atoms with E-state index in [1.807, 2.05) is 0 Å². The maximum Gasteiger partial charge on any atom is 0.308 e. The molecule has 2 amide bonds. The van der Waals surface area contributed by atoms with Gasteiger partial charge in [0.25, 0.3) is 5.91 Å². The molecule has 0 aliphatic carbocycles. The summed E-state index contributed by atoms with van der Waals surface area (Å²) in [6.07, 6.45) is -0.0309. The van der Waals surface area contributed by atoms with Crippen LogP contribution in [-0.2, 0) is 9.59 Å². The fraction of sp³-hybridized carbons (Fsp3) is 0.357. The van der Waals surface area contributed by atoms with Gasteiger partial charge in [0.2, 0.25) is 5.91 Å². The normalized spacial score (nSPS) is 18.2. The minimum atomic E-state index is -0.990. The summed E-state index contributed by atoms with van der Waals surface area (Å²) in [5.74, 6) is -2.28. The Bertz CT molecular complexity index is 583. The van der Waals surface area contributed by atoms with Gasteiger partial charge >= 0.3 is 5.97 Å². The summed E-state index contributed by atoms with van der Waals surface area (Å²) in [4.78, 5) is 36.4. The molecule has 106 valence electrons. The lowest BCUT2D eigenvalue weighted by Crippen LogP contribution is -2.30. The number of para-hydroxylation sites is 1. The lowest BCUT2D eigenvalue weighted by molar-refractivity contribution is -0.141. The van der Waals surface area contributed by atoms with Gasteiger partial charge in [-0.05, 0) is 18.6 Å². The molecule has 2 rings (SSSR count). The number of rotatable bonds is 3. The number of aliphatic carboxylic acids is 1. The molecule has 1 aromatic carbocycles. The molecule has 0 aromatic heterocycles. The number of nitrogens with one attached hydrogen (secondary N) is 1. The number of carbonyl (C=O) groups is 3. The fourth-order valence-electron chi connectivity index (χ4n) is 2.42. The predicted molar refractivity (Wildman–Crippen MR) is 72.7 cm³/mol. The van der Waals surface area contributed by atoms with Crippen molar-refractivity contribution in [3.63, 3.8) is 0 Å². The molecule has 0 bridgehead atoms. The highest BCUT2D eigenvalue weighted by atomic mass is 16.4. The van der Waals surface area contributed by atoms with Gasteiger partial charge in [-0.1, -0.05) is 12.1 Å². The van der Waals surface area contributed by atoms with Crippen LogP contribution in [0.25, 0.3) is 0 Å². The van der Waals surface area contributed by atoms with Crippen LogP contribution < -0.4 is 10.2 Å². The van der Waals surface area contributed by atoms with Crippen LogP contribution in [0.4, 0.5) is 5.69 Å². The number of hydrogen-bond acceptors (Lipinski definition) is 3. The van der Waals surface area contributed by atoms with Crippen molar-refractivity contribution in [2.45, 2.75) is 13.3 Å². The summed E-state index contributed by atoms with van der Waals surface area (Å²) in [6, 6.07) is 5.16. The first-order chi connectivity index (χ1) is 9.45. The molecule has 2 N–H and O–H groups in total. The Labute approximate surface area is 116 Å². The number of amides is 2. The minimum absolute atomic E-state index is 0.0309. The summed E-state index contributed by atoms with van der Waals surface area (Å²) < 4.78 is 0. The Kier molecular flexibility index (Phi) is 3.74. The highest BCUT2D eigenvalue weighted by Gasteiger charge is 2.37. The van der Waals surface area contributed by atoms with Crippen molar-refractivity contribution in [1.82, 2.24) is 5.32 Å². The first kappa shape index (κ1) is 14.0. The van der Waals surface area contributed by atoms with Crippen molar-refractivity contribution in [2.75, 3.05) is 18.5 Å². The minimum Gasteiger partial charge on any atom is -0.481 e. The third kappa shape index (κ3) is 2.36.